The molecule has 0 radical (unpaired) electrons. The van der Waals surface area contributed by atoms with E-state index in [1.165, 1.54) is 16.7 Å². The van der Waals surface area contributed by atoms with E-state index in [1.54, 1.807) is 0 Å². The van der Waals surface area contributed by atoms with Gasteiger partial charge in [-0.05, 0) is 17.0 Å². The van der Waals surface area contributed by atoms with Crippen molar-refractivity contribution >= 4 is 0 Å². The first kappa shape index (κ1) is 13.8. The zero-order valence-electron chi connectivity index (χ0n) is 12.2. The molecule has 1 aromatic carbocycles. The maximum absolute atomic E-state index is 4.17. The molecule has 0 saturated heterocycles. The Morgan fingerprint density at radius 2 is 1.79 bits per heavy atom. The van der Waals surface area contributed by atoms with Gasteiger partial charge in [-0.1, -0.05) is 52.0 Å². The molecule has 0 spiro atoms. The van der Waals surface area contributed by atoms with E-state index in [2.05, 4.69) is 67.5 Å². The van der Waals surface area contributed by atoms with Crippen LogP contribution in [0.3, 0.4) is 0 Å². The molecule has 0 bridgehead atoms. The second-order valence-corrected chi connectivity index (χ2v) is 5.58. The van der Waals surface area contributed by atoms with Gasteiger partial charge >= 0.3 is 0 Å². The lowest BCUT2D eigenvalue weighted by Gasteiger charge is -2.09. The van der Waals surface area contributed by atoms with E-state index in [9.17, 15) is 0 Å². The maximum atomic E-state index is 4.17. The molecule has 1 aromatic heterocycles. The van der Waals surface area contributed by atoms with Gasteiger partial charge in [-0.2, -0.15) is 5.10 Å². The summed E-state index contributed by atoms with van der Waals surface area (Å²) < 4.78 is 0. The molecule has 0 fully saturated rings. The Balaban J connectivity index is 2.19. The number of aromatic nitrogens is 2. The lowest BCUT2D eigenvalue weighted by atomic mass is 10.00. The van der Waals surface area contributed by atoms with Crippen molar-refractivity contribution in [3.05, 3.63) is 41.6 Å². The van der Waals surface area contributed by atoms with E-state index >= 15 is 0 Å². The first-order valence-corrected chi connectivity index (χ1v) is 6.94. The molecular formula is C16H23N3. The minimum Gasteiger partial charge on any atom is -0.310 e. The Kier molecular flexibility index (Phi) is 4.38. The number of aromatic amines is 1. The molecular weight excluding hydrogens is 234 g/mol. The number of hydrogen-bond donors (Lipinski definition) is 2. The molecule has 2 aromatic rings. The highest BCUT2D eigenvalue weighted by Gasteiger charge is 2.08. The van der Waals surface area contributed by atoms with Gasteiger partial charge in [-0.3, -0.25) is 5.10 Å². The summed E-state index contributed by atoms with van der Waals surface area (Å²) in [6.07, 6.45) is 1.90. The number of rotatable bonds is 5. The lowest BCUT2D eigenvalue weighted by molar-refractivity contribution is 0.589. The van der Waals surface area contributed by atoms with Gasteiger partial charge in [0.15, 0.2) is 0 Å². The molecule has 2 N–H and O–H groups in total. The van der Waals surface area contributed by atoms with Crippen LogP contribution >= 0.6 is 0 Å². The van der Waals surface area contributed by atoms with Crippen LogP contribution in [-0.4, -0.2) is 16.2 Å². The van der Waals surface area contributed by atoms with E-state index in [1.807, 2.05) is 6.20 Å². The largest absolute Gasteiger partial charge is 0.310 e. The Bertz CT molecular complexity index is 509. The van der Waals surface area contributed by atoms with Gasteiger partial charge in [0, 0.05) is 18.2 Å². The van der Waals surface area contributed by atoms with Crippen molar-refractivity contribution in [3.8, 4) is 11.3 Å². The van der Waals surface area contributed by atoms with Crippen molar-refractivity contribution < 1.29 is 0 Å². The normalized spacial score (nSPS) is 11.5. The summed E-state index contributed by atoms with van der Waals surface area (Å²) in [5.41, 5.74) is 4.89. The molecule has 0 aliphatic rings. The van der Waals surface area contributed by atoms with Crippen LogP contribution in [0.2, 0.25) is 0 Å². The smallest absolute Gasteiger partial charge is 0.0695 e. The van der Waals surface area contributed by atoms with Gasteiger partial charge < -0.3 is 5.32 Å². The fraction of sp³-hybridized carbons (Fsp3) is 0.438. The van der Waals surface area contributed by atoms with E-state index in [0.29, 0.717) is 12.0 Å². The molecule has 2 rings (SSSR count). The van der Waals surface area contributed by atoms with Crippen LogP contribution in [0.5, 0.6) is 0 Å². The highest BCUT2D eigenvalue weighted by Crippen LogP contribution is 2.23. The molecule has 3 heteroatoms. The third kappa shape index (κ3) is 3.44. The van der Waals surface area contributed by atoms with Crippen LogP contribution in [0, 0.1) is 0 Å². The van der Waals surface area contributed by atoms with Crippen molar-refractivity contribution in [2.45, 2.75) is 46.2 Å². The first-order valence-electron chi connectivity index (χ1n) is 6.94. The van der Waals surface area contributed by atoms with E-state index in [-0.39, 0.29) is 0 Å². The summed E-state index contributed by atoms with van der Waals surface area (Å²) in [4.78, 5) is 0. The Morgan fingerprint density at radius 1 is 1.11 bits per heavy atom. The predicted octanol–water partition coefficient (Wildman–Crippen LogP) is 3.70. The summed E-state index contributed by atoms with van der Waals surface area (Å²) in [6.45, 7) is 9.57. The third-order valence-electron chi connectivity index (χ3n) is 3.28. The van der Waals surface area contributed by atoms with Crippen molar-refractivity contribution in [1.82, 2.24) is 15.5 Å². The van der Waals surface area contributed by atoms with Crippen LogP contribution in [0.15, 0.2) is 30.5 Å². The van der Waals surface area contributed by atoms with Crippen molar-refractivity contribution in [1.29, 1.82) is 0 Å². The van der Waals surface area contributed by atoms with Gasteiger partial charge in [0.25, 0.3) is 0 Å². The average Bonchev–Trinajstić information content (AvgIpc) is 2.84. The SMILES string of the molecule is CC(C)NCc1cn[nH]c1-c1ccc(C(C)C)cc1. The minimum absolute atomic E-state index is 0.478. The van der Waals surface area contributed by atoms with Crippen LogP contribution < -0.4 is 5.32 Å². The number of nitrogens with zero attached hydrogens (tertiary/aromatic N) is 1. The summed E-state index contributed by atoms with van der Waals surface area (Å²) in [5.74, 6) is 0.567. The molecule has 0 aliphatic carbocycles. The molecule has 1 heterocycles. The fourth-order valence-electron chi connectivity index (χ4n) is 2.04. The first-order chi connectivity index (χ1) is 9.08. The maximum Gasteiger partial charge on any atom is 0.0695 e. The van der Waals surface area contributed by atoms with Crippen LogP contribution in [0.25, 0.3) is 11.3 Å². The molecule has 0 saturated carbocycles. The number of hydrogen-bond acceptors (Lipinski definition) is 2. The van der Waals surface area contributed by atoms with Crippen LogP contribution in [0.4, 0.5) is 0 Å². The summed E-state index contributed by atoms with van der Waals surface area (Å²) in [6, 6.07) is 9.20. The third-order valence-corrected chi connectivity index (χ3v) is 3.28. The van der Waals surface area contributed by atoms with Gasteiger partial charge in [0.1, 0.15) is 0 Å². The Morgan fingerprint density at radius 3 is 2.37 bits per heavy atom. The van der Waals surface area contributed by atoms with E-state index in [0.717, 1.165) is 12.2 Å². The molecule has 19 heavy (non-hydrogen) atoms. The van der Waals surface area contributed by atoms with Gasteiger partial charge in [-0.25, -0.2) is 0 Å². The second-order valence-electron chi connectivity index (χ2n) is 5.58. The minimum atomic E-state index is 0.478. The summed E-state index contributed by atoms with van der Waals surface area (Å²) in [5, 5.41) is 10.7. The molecule has 0 unspecified atom stereocenters. The van der Waals surface area contributed by atoms with Gasteiger partial charge in [-0.15, -0.1) is 0 Å². The highest BCUT2D eigenvalue weighted by atomic mass is 15.1. The molecule has 0 aliphatic heterocycles. The zero-order valence-corrected chi connectivity index (χ0v) is 12.2. The van der Waals surface area contributed by atoms with E-state index in [4.69, 9.17) is 0 Å². The fourth-order valence-corrected chi connectivity index (χ4v) is 2.04. The highest BCUT2D eigenvalue weighted by molar-refractivity contribution is 5.63. The number of nitrogens with one attached hydrogen (secondary N) is 2. The molecule has 0 atom stereocenters. The quantitative estimate of drug-likeness (QED) is 0.857. The molecule has 102 valence electrons. The summed E-state index contributed by atoms with van der Waals surface area (Å²) in [7, 11) is 0. The van der Waals surface area contributed by atoms with E-state index < -0.39 is 0 Å². The second kappa shape index (κ2) is 6.02. The number of H-pyrrole nitrogens is 1. The predicted molar refractivity (Wildman–Crippen MR) is 80.1 cm³/mol. The molecule has 3 nitrogen and oxygen atoms in total. The standard InChI is InChI=1S/C16H23N3/c1-11(2)13-5-7-14(8-6-13)16-15(10-18-19-16)9-17-12(3)4/h5-8,10-12,17H,9H2,1-4H3,(H,18,19). The molecule has 0 amide bonds. The van der Waals surface area contributed by atoms with Gasteiger partial charge in [0.2, 0.25) is 0 Å². The Labute approximate surface area is 115 Å². The zero-order chi connectivity index (χ0) is 13.8. The Hall–Kier alpha value is -1.61. The van der Waals surface area contributed by atoms with Crippen molar-refractivity contribution in [2.24, 2.45) is 0 Å². The monoisotopic (exact) mass is 257 g/mol. The lowest BCUT2D eigenvalue weighted by Crippen LogP contribution is -2.21. The van der Waals surface area contributed by atoms with Crippen molar-refractivity contribution in [3.63, 3.8) is 0 Å². The topological polar surface area (TPSA) is 40.7 Å². The van der Waals surface area contributed by atoms with Crippen LogP contribution in [-0.2, 0) is 6.54 Å². The average molecular weight is 257 g/mol. The van der Waals surface area contributed by atoms with Gasteiger partial charge in [0.05, 0.1) is 11.9 Å². The van der Waals surface area contributed by atoms with Crippen molar-refractivity contribution in [2.75, 3.05) is 0 Å². The van der Waals surface area contributed by atoms with Crippen LogP contribution in [0.1, 0.15) is 44.7 Å². The number of benzene rings is 1. The summed E-state index contributed by atoms with van der Waals surface area (Å²) >= 11 is 0.